The van der Waals surface area contributed by atoms with E-state index < -0.39 is 0 Å². The predicted molar refractivity (Wildman–Crippen MR) is 66.6 cm³/mol. The third-order valence-corrected chi connectivity index (χ3v) is 3.12. The van der Waals surface area contributed by atoms with Crippen LogP contribution in [0, 0.1) is 6.92 Å². The van der Waals surface area contributed by atoms with E-state index in [1.54, 1.807) is 0 Å². The molecule has 0 aromatic heterocycles. The van der Waals surface area contributed by atoms with Gasteiger partial charge in [0.2, 0.25) is 0 Å². The largest absolute Gasteiger partial charge is 0.368 e. The third-order valence-electron chi connectivity index (χ3n) is 3.12. The minimum Gasteiger partial charge on any atom is -0.368 e. The lowest BCUT2D eigenvalue weighted by Gasteiger charge is -2.31. The number of morpholine rings is 1. The van der Waals surface area contributed by atoms with E-state index in [1.165, 1.54) is 17.5 Å². The fourth-order valence-corrected chi connectivity index (χ4v) is 2.17. The molecule has 0 aliphatic carbocycles. The number of hydrogen-bond donors (Lipinski definition) is 1. The maximum atomic E-state index is 6.09. The highest BCUT2D eigenvalue weighted by molar-refractivity contribution is 5.23. The summed E-state index contributed by atoms with van der Waals surface area (Å²) < 4.78 is 6.09. The van der Waals surface area contributed by atoms with Crippen LogP contribution in [0.25, 0.3) is 0 Å². The molecule has 1 aromatic rings. The first-order chi connectivity index (χ1) is 7.79. The topological polar surface area (TPSA) is 21.3 Å². The Morgan fingerprint density at radius 3 is 2.69 bits per heavy atom. The summed E-state index contributed by atoms with van der Waals surface area (Å²) in [5.74, 6) is 0. The maximum absolute atomic E-state index is 6.09. The number of benzene rings is 1. The highest BCUT2D eigenvalue weighted by Gasteiger charge is 2.22. The molecule has 0 amide bonds. The molecule has 1 fully saturated rings. The minimum absolute atomic E-state index is 0.228. The van der Waals surface area contributed by atoms with Gasteiger partial charge in [-0.25, -0.2) is 0 Å². The van der Waals surface area contributed by atoms with E-state index >= 15 is 0 Å². The van der Waals surface area contributed by atoms with Crippen molar-refractivity contribution < 1.29 is 4.74 Å². The zero-order valence-corrected chi connectivity index (χ0v) is 10.2. The van der Waals surface area contributed by atoms with Gasteiger partial charge in [0, 0.05) is 13.1 Å². The summed E-state index contributed by atoms with van der Waals surface area (Å²) in [7, 11) is 0. The molecule has 0 radical (unpaired) electrons. The third kappa shape index (κ3) is 2.83. The monoisotopic (exact) mass is 219 g/mol. The average molecular weight is 219 g/mol. The number of aryl methyl sites for hydroxylation is 1. The van der Waals surface area contributed by atoms with Crippen molar-refractivity contribution in [3.8, 4) is 0 Å². The van der Waals surface area contributed by atoms with E-state index in [2.05, 4.69) is 43.4 Å². The van der Waals surface area contributed by atoms with E-state index in [0.717, 1.165) is 19.5 Å². The lowest BCUT2D eigenvalue weighted by atomic mass is 10.0. The molecule has 1 saturated heterocycles. The van der Waals surface area contributed by atoms with Crippen LogP contribution in [0.5, 0.6) is 0 Å². The van der Waals surface area contributed by atoms with Crippen LogP contribution in [0.1, 0.15) is 37.0 Å². The van der Waals surface area contributed by atoms with Crippen molar-refractivity contribution >= 4 is 0 Å². The van der Waals surface area contributed by atoms with Crippen LogP contribution < -0.4 is 5.32 Å². The molecule has 1 N–H and O–H groups in total. The van der Waals surface area contributed by atoms with Crippen LogP contribution in [0.4, 0.5) is 0 Å². The van der Waals surface area contributed by atoms with E-state index in [4.69, 9.17) is 4.74 Å². The summed E-state index contributed by atoms with van der Waals surface area (Å²) in [6.45, 7) is 6.25. The summed E-state index contributed by atoms with van der Waals surface area (Å²) in [5, 5.41) is 3.46. The first-order valence-corrected chi connectivity index (χ1v) is 6.22. The van der Waals surface area contributed by atoms with Gasteiger partial charge in [0.25, 0.3) is 0 Å². The van der Waals surface area contributed by atoms with Crippen LogP contribution in [0.3, 0.4) is 0 Å². The highest BCUT2D eigenvalue weighted by atomic mass is 16.5. The van der Waals surface area contributed by atoms with Gasteiger partial charge in [0.05, 0.1) is 12.2 Å². The summed E-state index contributed by atoms with van der Waals surface area (Å²) in [6.07, 6.45) is 2.94. The number of rotatable bonds is 3. The van der Waals surface area contributed by atoms with Gasteiger partial charge in [-0.15, -0.1) is 0 Å². The van der Waals surface area contributed by atoms with E-state index in [9.17, 15) is 0 Å². The van der Waals surface area contributed by atoms with Crippen molar-refractivity contribution in [2.75, 3.05) is 13.1 Å². The fourth-order valence-electron chi connectivity index (χ4n) is 2.17. The van der Waals surface area contributed by atoms with Crippen molar-refractivity contribution in [1.29, 1.82) is 0 Å². The number of ether oxygens (including phenoxy) is 1. The lowest BCUT2D eigenvalue weighted by molar-refractivity contribution is -0.0425. The molecule has 2 atom stereocenters. The zero-order chi connectivity index (χ0) is 11.4. The molecule has 0 spiro atoms. The van der Waals surface area contributed by atoms with Gasteiger partial charge in [-0.05, 0) is 18.9 Å². The Balaban J connectivity index is 2.01. The quantitative estimate of drug-likeness (QED) is 0.844. The first kappa shape index (κ1) is 11.6. The normalized spacial score (nSPS) is 25.6. The minimum atomic E-state index is 0.228. The van der Waals surface area contributed by atoms with Gasteiger partial charge in [-0.2, -0.15) is 0 Å². The van der Waals surface area contributed by atoms with Gasteiger partial charge in [-0.1, -0.05) is 43.2 Å². The molecule has 0 bridgehead atoms. The first-order valence-electron chi connectivity index (χ1n) is 6.22. The van der Waals surface area contributed by atoms with Gasteiger partial charge in [0.15, 0.2) is 0 Å². The van der Waals surface area contributed by atoms with Gasteiger partial charge in [-0.3, -0.25) is 0 Å². The maximum Gasteiger partial charge on any atom is 0.0953 e. The second-order valence-electron chi connectivity index (χ2n) is 4.60. The molecule has 1 aliphatic rings. The Morgan fingerprint density at radius 1 is 1.25 bits per heavy atom. The Bertz CT molecular complexity index is 318. The molecule has 2 unspecified atom stereocenters. The Labute approximate surface area is 98.0 Å². The van der Waals surface area contributed by atoms with Gasteiger partial charge in [0.1, 0.15) is 0 Å². The predicted octanol–water partition coefficient (Wildman–Crippen LogP) is 2.82. The molecule has 2 heteroatoms. The Hall–Kier alpha value is -0.860. The molecule has 2 rings (SSSR count). The summed E-state index contributed by atoms with van der Waals surface area (Å²) in [4.78, 5) is 0. The van der Waals surface area contributed by atoms with E-state index in [-0.39, 0.29) is 6.10 Å². The molecular formula is C14H21NO. The molecule has 1 aliphatic heterocycles. The Kier molecular flexibility index (Phi) is 3.97. The van der Waals surface area contributed by atoms with Crippen molar-refractivity contribution in [2.24, 2.45) is 0 Å². The number of hydrogen-bond acceptors (Lipinski definition) is 2. The second-order valence-corrected chi connectivity index (χ2v) is 4.60. The Morgan fingerprint density at radius 2 is 2.00 bits per heavy atom. The SMILES string of the molecule is CCCC1CNCC(c2ccc(C)cc2)O1. The van der Waals surface area contributed by atoms with Crippen molar-refractivity contribution in [3.63, 3.8) is 0 Å². The molecule has 1 heterocycles. The van der Waals surface area contributed by atoms with Gasteiger partial charge >= 0.3 is 0 Å². The second kappa shape index (κ2) is 5.46. The smallest absolute Gasteiger partial charge is 0.0953 e. The molecule has 88 valence electrons. The van der Waals surface area contributed by atoms with Gasteiger partial charge < -0.3 is 10.1 Å². The van der Waals surface area contributed by atoms with Crippen molar-refractivity contribution in [1.82, 2.24) is 5.32 Å². The fraction of sp³-hybridized carbons (Fsp3) is 0.571. The molecule has 0 saturated carbocycles. The molecule has 1 aromatic carbocycles. The van der Waals surface area contributed by atoms with E-state index in [0.29, 0.717) is 6.10 Å². The van der Waals surface area contributed by atoms with Crippen molar-refractivity contribution in [3.05, 3.63) is 35.4 Å². The van der Waals surface area contributed by atoms with Crippen LogP contribution in [-0.4, -0.2) is 19.2 Å². The number of nitrogens with one attached hydrogen (secondary N) is 1. The zero-order valence-electron chi connectivity index (χ0n) is 10.2. The standard InChI is InChI=1S/C14H21NO/c1-3-4-13-9-15-10-14(16-13)12-7-5-11(2)6-8-12/h5-8,13-15H,3-4,9-10H2,1-2H3. The molecule has 2 nitrogen and oxygen atoms in total. The van der Waals surface area contributed by atoms with Crippen LogP contribution in [-0.2, 0) is 4.74 Å². The summed E-state index contributed by atoms with van der Waals surface area (Å²) in [5.41, 5.74) is 2.59. The highest BCUT2D eigenvalue weighted by Crippen LogP contribution is 2.23. The lowest BCUT2D eigenvalue weighted by Crippen LogP contribution is -2.40. The average Bonchev–Trinajstić information content (AvgIpc) is 2.31. The van der Waals surface area contributed by atoms with E-state index in [1.807, 2.05) is 0 Å². The van der Waals surface area contributed by atoms with Crippen LogP contribution in [0.15, 0.2) is 24.3 Å². The molecular weight excluding hydrogens is 198 g/mol. The van der Waals surface area contributed by atoms with Crippen LogP contribution in [0.2, 0.25) is 0 Å². The van der Waals surface area contributed by atoms with Crippen molar-refractivity contribution in [2.45, 2.75) is 38.9 Å². The summed E-state index contributed by atoms with van der Waals surface area (Å²) >= 11 is 0. The summed E-state index contributed by atoms with van der Waals surface area (Å²) in [6, 6.07) is 8.66. The van der Waals surface area contributed by atoms with Crippen LogP contribution >= 0.6 is 0 Å². The molecule has 16 heavy (non-hydrogen) atoms.